The van der Waals surface area contributed by atoms with Crippen LogP contribution in [0.25, 0.3) is 0 Å². The summed E-state index contributed by atoms with van der Waals surface area (Å²) in [4.78, 5) is 28.3. The van der Waals surface area contributed by atoms with Gasteiger partial charge in [-0.05, 0) is 44.0 Å². The highest BCUT2D eigenvalue weighted by molar-refractivity contribution is 6.03. The van der Waals surface area contributed by atoms with Crippen LogP contribution in [-0.4, -0.2) is 24.9 Å². The van der Waals surface area contributed by atoms with Crippen LogP contribution in [0, 0.1) is 13.8 Å². The highest BCUT2D eigenvalue weighted by Crippen LogP contribution is 2.25. The maximum Gasteiger partial charge on any atom is 0.247 e. The summed E-state index contributed by atoms with van der Waals surface area (Å²) in [6.07, 6.45) is 0. The number of carbonyl (C=O) groups is 2. The second-order valence-electron chi connectivity index (χ2n) is 5.82. The summed E-state index contributed by atoms with van der Waals surface area (Å²) in [6.45, 7) is 7.93. The van der Waals surface area contributed by atoms with Crippen LogP contribution in [0.1, 0.15) is 25.0 Å². The first-order chi connectivity index (χ1) is 11.5. The fourth-order valence-electron chi connectivity index (χ4n) is 2.91. The molecule has 4 nitrogen and oxygen atoms in total. The first kappa shape index (κ1) is 17.7. The predicted octanol–water partition coefficient (Wildman–Crippen LogP) is 3.71. The molecule has 0 aromatic heterocycles. The number of hydrogen-bond acceptors (Lipinski definition) is 2. The van der Waals surface area contributed by atoms with Gasteiger partial charge in [-0.25, -0.2) is 0 Å². The van der Waals surface area contributed by atoms with E-state index in [1.165, 1.54) is 6.92 Å². The second kappa shape index (κ2) is 7.77. The van der Waals surface area contributed by atoms with E-state index >= 15 is 0 Å². The van der Waals surface area contributed by atoms with Crippen molar-refractivity contribution in [2.45, 2.75) is 27.7 Å². The van der Waals surface area contributed by atoms with Gasteiger partial charge in [0.15, 0.2) is 0 Å². The number of para-hydroxylation sites is 2. The van der Waals surface area contributed by atoms with Crippen molar-refractivity contribution in [1.82, 2.24) is 0 Å². The van der Waals surface area contributed by atoms with Gasteiger partial charge in [0.2, 0.25) is 11.8 Å². The molecule has 2 rings (SSSR count). The molecule has 0 bridgehead atoms. The van der Waals surface area contributed by atoms with Gasteiger partial charge in [-0.15, -0.1) is 0 Å². The quantitative estimate of drug-likeness (QED) is 0.841. The van der Waals surface area contributed by atoms with Crippen LogP contribution in [0.3, 0.4) is 0 Å². The van der Waals surface area contributed by atoms with Crippen LogP contribution in [0.2, 0.25) is 0 Å². The Kier molecular flexibility index (Phi) is 5.74. The molecule has 2 amide bonds. The number of aryl methyl sites for hydroxylation is 2. The Morgan fingerprint density at radius 2 is 1.46 bits per heavy atom. The van der Waals surface area contributed by atoms with E-state index in [1.807, 2.05) is 69.3 Å². The van der Waals surface area contributed by atoms with Crippen molar-refractivity contribution in [3.63, 3.8) is 0 Å². The molecule has 0 N–H and O–H groups in total. The van der Waals surface area contributed by atoms with Gasteiger partial charge in [-0.2, -0.15) is 0 Å². The van der Waals surface area contributed by atoms with Crippen molar-refractivity contribution in [3.8, 4) is 0 Å². The summed E-state index contributed by atoms with van der Waals surface area (Å²) in [6, 6.07) is 15.4. The van der Waals surface area contributed by atoms with E-state index in [9.17, 15) is 9.59 Å². The number of benzene rings is 2. The van der Waals surface area contributed by atoms with Crippen LogP contribution in [0.15, 0.2) is 48.5 Å². The number of carbonyl (C=O) groups excluding carboxylic acids is 2. The molecule has 126 valence electrons. The summed E-state index contributed by atoms with van der Waals surface area (Å²) < 4.78 is 0. The van der Waals surface area contributed by atoms with Gasteiger partial charge in [0, 0.05) is 19.2 Å². The summed E-state index contributed by atoms with van der Waals surface area (Å²) in [5.74, 6) is -0.230. The van der Waals surface area contributed by atoms with E-state index in [1.54, 1.807) is 9.80 Å². The van der Waals surface area contributed by atoms with Crippen LogP contribution >= 0.6 is 0 Å². The van der Waals surface area contributed by atoms with E-state index in [-0.39, 0.29) is 18.4 Å². The van der Waals surface area contributed by atoms with Gasteiger partial charge in [0.05, 0.1) is 5.69 Å². The lowest BCUT2D eigenvalue weighted by Crippen LogP contribution is -2.43. The van der Waals surface area contributed by atoms with Gasteiger partial charge in [0.1, 0.15) is 6.54 Å². The maximum absolute atomic E-state index is 12.8. The molecule has 0 fully saturated rings. The number of nitrogens with zero attached hydrogens (tertiary/aromatic N) is 2. The van der Waals surface area contributed by atoms with Crippen LogP contribution in [0.4, 0.5) is 11.4 Å². The number of hydrogen-bond donors (Lipinski definition) is 0. The second-order valence-corrected chi connectivity index (χ2v) is 5.82. The maximum atomic E-state index is 12.8. The van der Waals surface area contributed by atoms with E-state index in [0.717, 1.165) is 22.5 Å². The Bertz CT molecular complexity index is 705. The smallest absolute Gasteiger partial charge is 0.247 e. The van der Waals surface area contributed by atoms with Gasteiger partial charge in [-0.3, -0.25) is 9.59 Å². The van der Waals surface area contributed by atoms with E-state index in [4.69, 9.17) is 0 Å². The molecular formula is C20H24N2O2. The number of likely N-dealkylation sites (N-methyl/N-ethyl adjacent to an activating group) is 1. The molecule has 0 spiro atoms. The average molecular weight is 324 g/mol. The Hall–Kier alpha value is -2.62. The third-order valence-electron chi connectivity index (χ3n) is 4.07. The lowest BCUT2D eigenvalue weighted by Gasteiger charge is -2.28. The number of rotatable bonds is 5. The van der Waals surface area contributed by atoms with Crippen molar-refractivity contribution in [3.05, 3.63) is 59.7 Å². The number of amides is 2. The molecule has 0 unspecified atom stereocenters. The minimum Gasteiger partial charge on any atom is -0.311 e. The highest BCUT2D eigenvalue weighted by atomic mass is 16.2. The predicted molar refractivity (Wildman–Crippen MR) is 98.4 cm³/mol. The molecule has 0 radical (unpaired) electrons. The molecule has 24 heavy (non-hydrogen) atoms. The SMILES string of the molecule is CCN(C(=O)CN(C(C)=O)c1c(C)cccc1C)c1ccccc1. The topological polar surface area (TPSA) is 40.6 Å². The molecule has 0 atom stereocenters. The van der Waals surface area contributed by atoms with E-state index in [0.29, 0.717) is 6.54 Å². The zero-order valence-electron chi connectivity index (χ0n) is 14.7. The van der Waals surface area contributed by atoms with Gasteiger partial charge >= 0.3 is 0 Å². The Labute approximate surface area is 143 Å². The molecule has 4 heteroatoms. The normalized spacial score (nSPS) is 10.3. The largest absolute Gasteiger partial charge is 0.311 e. The minimum absolute atomic E-state index is 0.0315. The summed E-state index contributed by atoms with van der Waals surface area (Å²) in [5.41, 5.74) is 3.64. The van der Waals surface area contributed by atoms with Crippen LogP contribution in [0.5, 0.6) is 0 Å². The fourth-order valence-corrected chi connectivity index (χ4v) is 2.91. The van der Waals surface area contributed by atoms with Crippen molar-refractivity contribution >= 4 is 23.2 Å². The molecule has 0 aliphatic carbocycles. The van der Waals surface area contributed by atoms with Crippen molar-refractivity contribution in [2.75, 3.05) is 22.9 Å². The fraction of sp³-hybridized carbons (Fsp3) is 0.300. The number of anilines is 2. The van der Waals surface area contributed by atoms with Crippen molar-refractivity contribution in [2.24, 2.45) is 0 Å². The lowest BCUT2D eigenvalue weighted by molar-refractivity contribution is -0.121. The molecule has 0 aliphatic rings. The Morgan fingerprint density at radius 3 is 1.96 bits per heavy atom. The van der Waals surface area contributed by atoms with Gasteiger partial charge < -0.3 is 9.80 Å². The monoisotopic (exact) mass is 324 g/mol. The zero-order valence-corrected chi connectivity index (χ0v) is 14.7. The molecule has 0 heterocycles. The standard InChI is InChI=1S/C20H24N2O2/c1-5-21(18-12-7-6-8-13-18)19(24)14-22(17(4)23)20-15(2)10-9-11-16(20)3/h6-13H,5,14H2,1-4H3. The summed E-state index contributed by atoms with van der Waals surface area (Å²) in [7, 11) is 0. The van der Waals surface area contributed by atoms with Gasteiger partial charge in [-0.1, -0.05) is 36.4 Å². The first-order valence-corrected chi connectivity index (χ1v) is 8.15. The Morgan fingerprint density at radius 1 is 0.875 bits per heavy atom. The van der Waals surface area contributed by atoms with Crippen LogP contribution in [-0.2, 0) is 9.59 Å². The van der Waals surface area contributed by atoms with E-state index in [2.05, 4.69) is 0 Å². The van der Waals surface area contributed by atoms with Crippen molar-refractivity contribution in [1.29, 1.82) is 0 Å². The average Bonchev–Trinajstić information content (AvgIpc) is 2.55. The minimum atomic E-state index is -0.134. The first-order valence-electron chi connectivity index (χ1n) is 8.15. The summed E-state index contributed by atoms with van der Waals surface area (Å²) >= 11 is 0. The third kappa shape index (κ3) is 3.82. The van der Waals surface area contributed by atoms with E-state index < -0.39 is 0 Å². The summed E-state index contributed by atoms with van der Waals surface area (Å²) in [5, 5.41) is 0. The highest BCUT2D eigenvalue weighted by Gasteiger charge is 2.22. The molecule has 2 aromatic rings. The third-order valence-corrected chi connectivity index (χ3v) is 4.07. The van der Waals surface area contributed by atoms with Gasteiger partial charge in [0.25, 0.3) is 0 Å². The molecule has 0 saturated heterocycles. The molecule has 0 aliphatic heterocycles. The lowest BCUT2D eigenvalue weighted by atomic mass is 10.1. The zero-order chi connectivity index (χ0) is 17.7. The molecular weight excluding hydrogens is 300 g/mol. The molecule has 2 aromatic carbocycles. The van der Waals surface area contributed by atoms with Crippen molar-refractivity contribution < 1.29 is 9.59 Å². The van der Waals surface area contributed by atoms with Crippen LogP contribution < -0.4 is 9.80 Å². The Balaban J connectivity index is 2.31. The molecule has 0 saturated carbocycles.